The first-order chi connectivity index (χ1) is 10.0. The number of nitrogens with zero attached hydrogens (tertiary/aromatic N) is 1. The predicted molar refractivity (Wildman–Crippen MR) is 90.7 cm³/mol. The Balaban J connectivity index is 2.12. The van der Waals surface area contributed by atoms with Crippen molar-refractivity contribution >= 4 is 58.3 Å². The molecule has 7 heteroatoms. The fraction of sp³-hybridized carbons (Fsp3) is 0.0714. The van der Waals surface area contributed by atoms with Crippen molar-refractivity contribution in [3.05, 3.63) is 56.0 Å². The van der Waals surface area contributed by atoms with Crippen LogP contribution >= 0.6 is 46.4 Å². The van der Waals surface area contributed by atoms with E-state index in [1.54, 1.807) is 36.5 Å². The maximum absolute atomic E-state index is 6.05. The molecule has 0 atom stereocenters. The van der Waals surface area contributed by atoms with Gasteiger partial charge in [-0.3, -0.25) is 5.43 Å². The monoisotopic (exact) mass is 362 g/mol. The molecule has 0 bridgehead atoms. The number of rotatable bonds is 4. The first-order valence-electron chi connectivity index (χ1n) is 5.78. The Morgan fingerprint density at radius 3 is 2.19 bits per heavy atom. The number of hydrogen-bond acceptors (Lipinski definition) is 3. The number of hydrazone groups is 1. The molecule has 0 aliphatic rings. The van der Waals surface area contributed by atoms with Crippen LogP contribution in [-0.4, -0.2) is 13.3 Å². The molecule has 0 aliphatic carbocycles. The molecule has 3 nitrogen and oxygen atoms in total. The highest BCUT2D eigenvalue weighted by Crippen LogP contribution is 2.33. The van der Waals surface area contributed by atoms with Crippen LogP contribution in [0.5, 0.6) is 5.75 Å². The number of nitrogens with one attached hydrogen (secondary N) is 1. The predicted octanol–water partition coefficient (Wildman–Crippen LogP) is 5.75. The Hall–Kier alpha value is -1.13. The second-order valence-electron chi connectivity index (χ2n) is 4.02. The molecule has 0 spiro atoms. The number of methoxy groups -OCH3 is 1. The zero-order valence-corrected chi connectivity index (χ0v) is 13.9. The molecule has 0 unspecified atom stereocenters. The van der Waals surface area contributed by atoms with Crippen LogP contribution < -0.4 is 10.2 Å². The van der Waals surface area contributed by atoms with Gasteiger partial charge < -0.3 is 4.74 Å². The van der Waals surface area contributed by atoms with Gasteiger partial charge in [0, 0.05) is 0 Å². The van der Waals surface area contributed by atoms with E-state index in [1.807, 2.05) is 0 Å². The molecule has 2 aromatic carbocycles. The summed E-state index contributed by atoms with van der Waals surface area (Å²) in [5, 5.41) is 5.86. The Labute approximate surface area is 142 Å². The van der Waals surface area contributed by atoms with Gasteiger partial charge in [0.15, 0.2) is 5.75 Å². The zero-order valence-electron chi connectivity index (χ0n) is 10.8. The van der Waals surface area contributed by atoms with Crippen LogP contribution in [0.25, 0.3) is 0 Å². The van der Waals surface area contributed by atoms with Crippen molar-refractivity contribution in [1.29, 1.82) is 0 Å². The van der Waals surface area contributed by atoms with E-state index >= 15 is 0 Å². The SMILES string of the molecule is COc1c(Cl)cc(C=NNc2ccc(Cl)c(Cl)c2)cc1Cl. The summed E-state index contributed by atoms with van der Waals surface area (Å²) in [5.74, 6) is 0.438. The molecule has 0 amide bonds. The van der Waals surface area contributed by atoms with Crippen molar-refractivity contribution in [2.45, 2.75) is 0 Å². The summed E-state index contributed by atoms with van der Waals surface area (Å²) in [6.07, 6.45) is 1.58. The third kappa shape index (κ3) is 4.17. The van der Waals surface area contributed by atoms with Gasteiger partial charge in [-0.25, -0.2) is 0 Å². The molecular formula is C14H10Cl4N2O. The highest BCUT2D eigenvalue weighted by Gasteiger charge is 2.07. The smallest absolute Gasteiger partial charge is 0.156 e. The highest BCUT2D eigenvalue weighted by molar-refractivity contribution is 6.42. The van der Waals surface area contributed by atoms with E-state index in [-0.39, 0.29) is 0 Å². The highest BCUT2D eigenvalue weighted by atomic mass is 35.5. The van der Waals surface area contributed by atoms with E-state index in [0.29, 0.717) is 31.5 Å². The molecule has 0 saturated heterocycles. The van der Waals surface area contributed by atoms with Gasteiger partial charge in [0.05, 0.1) is 39.1 Å². The van der Waals surface area contributed by atoms with Crippen LogP contribution in [0, 0.1) is 0 Å². The molecule has 0 saturated carbocycles. The number of halogens is 4. The van der Waals surface area contributed by atoms with Crippen LogP contribution in [0.4, 0.5) is 5.69 Å². The molecule has 2 rings (SSSR count). The van der Waals surface area contributed by atoms with Crippen molar-refractivity contribution in [1.82, 2.24) is 0 Å². The molecule has 0 heterocycles. The Morgan fingerprint density at radius 1 is 0.952 bits per heavy atom. The average Bonchev–Trinajstić information content (AvgIpc) is 2.42. The van der Waals surface area contributed by atoms with Gasteiger partial charge in [0.25, 0.3) is 0 Å². The Bertz CT molecular complexity index is 666. The van der Waals surface area contributed by atoms with Gasteiger partial charge in [-0.1, -0.05) is 46.4 Å². The van der Waals surface area contributed by atoms with Crippen molar-refractivity contribution in [3.63, 3.8) is 0 Å². The van der Waals surface area contributed by atoms with Gasteiger partial charge in [-0.15, -0.1) is 0 Å². The number of benzene rings is 2. The molecule has 0 radical (unpaired) electrons. The summed E-state index contributed by atoms with van der Waals surface area (Å²) >= 11 is 23.8. The summed E-state index contributed by atoms with van der Waals surface area (Å²) in [6.45, 7) is 0. The summed E-state index contributed by atoms with van der Waals surface area (Å²) in [5.41, 5.74) is 4.29. The van der Waals surface area contributed by atoms with Crippen LogP contribution in [-0.2, 0) is 0 Å². The molecule has 21 heavy (non-hydrogen) atoms. The van der Waals surface area contributed by atoms with Crippen molar-refractivity contribution in [2.75, 3.05) is 12.5 Å². The van der Waals surface area contributed by atoms with Crippen molar-refractivity contribution in [2.24, 2.45) is 5.10 Å². The molecule has 110 valence electrons. The lowest BCUT2D eigenvalue weighted by molar-refractivity contribution is 0.415. The Morgan fingerprint density at radius 2 is 1.62 bits per heavy atom. The largest absolute Gasteiger partial charge is 0.494 e. The minimum absolute atomic E-state index is 0.418. The number of hydrogen-bond donors (Lipinski definition) is 1. The molecule has 1 N–H and O–H groups in total. The van der Waals surface area contributed by atoms with E-state index in [2.05, 4.69) is 10.5 Å². The van der Waals surface area contributed by atoms with Crippen LogP contribution in [0.2, 0.25) is 20.1 Å². The maximum atomic E-state index is 6.05. The molecule has 0 aliphatic heterocycles. The number of ether oxygens (including phenoxy) is 1. The van der Waals surface area contributed by atoms with Crippen LogP contribution in [0.15, 0.2) is 35.4 Å². The molecule has 2 aromatic rings. The second-order valence-corrected chi connectivity index (χ2v) is 5.65. The van der Waals surface area contributed by atoms with E-state index < -0.39 is 0 Å². The van der Waals surface area contributed by atoms with Gasteiger partial charge in [0.1, 0.15) is 0 Å². The van der Waals surface area contributed by atoms with Gasteiger partial charge in [0.2, 0.25) is 0 Å². The third-order valence-electron chi connectivity index (χ3n) is 2.55. The van der Waals surface area contributed by atoms with Crippen molar-refractivity contribution < 1.29 is 4.74 Å². The van der Waals surface area contributed by atoms with E-state index in [0.717, 1.165) is 5.56 Å². The summed E-state index contributed by atoms with van der Waals surface area (Å²) < 4.78 is 5.08. The fourth-order valence-electron chi connectivity index (χ4n) is 1.60. The van der Waals surface area contributed by atoms with Crippen molar-refractivity contribution in [3.8, 4) is 5.75 Å². The summed E-state index contributed by atoms with van der Waals surface area (Å²) in [6, 6.07) is 8.52. The topological polar surface area (TPSA) is 33.6 Å². The van der Waals surface area contributed by atoms with E-state index in [4.69, 9.17) is 51.1 Å². The normalized spacial score (nSPS) is 10.9. The van der Waals surface area contributed by atoms with E-state index in [1.165, 1.54) is 7.11 Å². The van der Waals surface area contributed by atoms with Gasteiger partial charge >= 0.3 is 0 Å². The second kappa shape index (κ2) is 7.23. The van der Waals surface area contributed by atoms with Crippen LogP contribution in [0.1, 0.15) is 5.56 Å². The average molecular weight is 364 g/mol. The third-order valence-corrected chi connectivity index (χ3v) is 3.85. The van der Waals surface area contributed by atoms with Gasteiger partial charge in [-0.05, 0) is 35.9 Å². The summed E-state index contributed by atoms with van der Waals surface area (Å²) in [7, 11) is 1.51. The van der Waals surface area contributed by atoms with Gasteiger partial charge in [-0.2, -0.15) is 5.10 Å². The number of anilines is 1. The summed E-state index contributed by atoms with van der Waals surface area (Å²) in [4.78, 5) is 0. The fourth-order valence-corrected chi connectivity index (χ4v) is 2.55. The lowest BCUT2D eigenvalue weighted by Gasteiger charge is -2.06. The molecule has 0 fully saturated rings. The minimum atomic E-state index is 0.418. The standard InChI is InChI=1S/C14H10Cl4N2O/c1-21-14-12(17)4-8(5-13(14)18)7-19-20-9-2-3-10(15)11(16)6-9/h2-7,20H,1H3. The zero-order chi connectivity index (χ0) is 15.4. The molecule has 0 aromatic heterocycles. The first-order valence-corrected chi connectivity index (χ1v) is 7.29. The maximum Gasteiger partial charge on any atom is 0.156 e. The van der Waals surface area contributed by atoms with Crippen LogP contribution in [0.3, 0.4) is 0 Å². The quantitative estimate of drug-likeness (QED) is 0.553. The lowest BCUT2D eigenvalue weighted by atomic mass is 10.2. The molecular weight excluding hydrogens is 354 g/mol. The first kappa shape index (κ1) is 16.2. The minimum Gasteiger partial charge on any atom is -0.494 e. The Kier molecular flexibility index (Phi) is 5.59. The van der Waals surface area contributed by atoms with E-state index in [9.17, 15) is 0 Å². The lowest BCUT2D eigenvalue weighted by Crippen LogP contribution is -1.92.